The molecule has 3 rings (SSSR count). The Morgan fingerprint density at radius 3 is 2.58 bits per heavy atom. The molecular formula is C17H15BrFNO3S. The molecule has 2 aromatic rings. The molecule has 2 heterocycles. The predicted molar refractivity (Wildman–Crippen MR) is 93.3 cm³/mol. The molecule has 1 unspecified atom stereocenters. The highest BCUT2D eigenvalue weighted by Crippen LogP contribution is 2.43. The smallest absolute Gasteiger partial charge is 0.309 e. The number of halogens is 2. The molecule has 24 heavy (non-hydrogen) atoms. The van der Waals surface area contributed by atoms with Crippen molar-refractivity contribution in [3.63, 3.8) is 0 Å². The first-order chi connectivity index (χ1) is 11.5. The summed E-state index contributed by atoms with van der Waals surface area (Å²) >= 11 is 4.91. The summed E-state index contributed by atoms with van der Waals surface area (Å²) in [5.74, 6) is 0.168. The van der Waals surface area contributed by atoms with Crippen molar-refractivity contribution in [1.82, 2.24) is 4.90 Å². The summed E-state index contributed by atoms with van der Waals surface area (Å²) in [5.41, 5.74) is 0.786. The van der Waals surface area contributed by atoms with E-state index >= 15 is 0 Å². The number of carbonyl (C=O) groups is 1. The van der Waals surface area contributed by atoms with Crippen molar-refractivity contribution in [3.05, 3.63) is 62.3 Å². The van der Waals surface area contributed by atoms with Crippen molar-refractivity contribution in [2.45, 2.75) is 20.1 Å². The number of rotatable bonds is 4. The summed E-state index contributed by atoms with van der Waals surface area (Å²) in [4.78, 5) is 14.2. The zero-order chi connectivity index (χ0) is 17.3. The summed E-state index contributed by atoms with van der Waals surface area (Å²) in [5, 5.41) is 0. The molecule has 1 aliphatic heterocycles. The molecular weight excluding hydrogens is 397 g/mol. The number of thiophene rings is 1. The first-order valence-electron chi connectivity index (χ1n) is 7.36. The maximum Gasteiger partial charge on any atom is 0.309 e. The first kappa shape index (κ1) is 17.0. The van der Waals surface area contributed by atoms with Gasteiger partial charge in [-0.05, 0) is 47.1 Å². The van der Waals surface area contributed by atoms with Gasteiger partial charge in [-0.15, -0.1) is 11.3 Å². The molecule has 0 radical (unpaired) electrons. The first-order valence-corrected chi connectivity index (χ1v) is 8.97. The molecule has 0 bridgehead atoms. The number of nitrogens with zero attached hydrogens (tertiary/aromatic N) is 1. The van der Waals surface area contributed by atoms with Crippen LogP contribution in [0.4, 0.5) is 4.39 Å². The standard InChI is InChI=1S/C17H15BrFNO3S/c1-3-20-16(11-4-6-12(19)7-5-11)23-15(17(20)22-10(2)21)13-8-9-14(18)24-13/h4-9,16H,3H2,1-2H3. The summed E-state index contributed by atoms with van der Waals surface area (Å²) in [6.07, 6.45) is -0.471. The molecule has 4 nitrogen and oxygen atoms in total. The second-order valence-electron chi connectivity index (χ2n) is 5.14. The number of hydrogen-bond donors (Lipinski definition) is 0. The highest BCUT2D eigenvalue weighted by Gasteiger charge is 2.37. The molecule has 0 fully saturated rings. The minimum absolute atomic E-state index is 0.310. The van der Waals surface area contributed by atoms with Gasteiger partial charge in [-0.2, -0.15) is 0 Å². The highest BCUT2D eigenvalue weighted by molar-refractivity contribution is 9.11. The second-order valence-corrected chi connectivity index (χ2v) is 7.60. The maximum atomic E-state index is 13.2. The number of esters is 1. The third kappa shape index (κ3) is 3.32. The van der Waals surface area contributed by atoms with Crippen LogP contribution in [0, 0.1) is 5.82 Å². The fourth-order valence-corrected chi connectivity index (χ4v) is 3.85. The molecule has 0 N–H and O–H groups in total. The topological polar surface area (TPSA) is 38.8 Å². The van der Waals surface area contributed by atoms with E-state index in [1.165, 1.54) is 30.4 Å². The van der Waals surface area contributed by atoms with Crippen LogP contribution in [-0.2, 0) is 14.3 Å². The lowest BCUT2D eigenvalue weighted by Crippen LogP contribution is -2.26. The number of ether oxygens (including phenoxy) is 2. The summed E-state index contributed by atoms with van der Waals surface area (Å²) in [7, 11) is 0. The Kier molecular flexibility index (Phi) is 4.91. The third-order valence-corrected chi connectivity index (χ3v) is 5.12. The molecule has 0 spiro atoms. The van der Waals surface area contributed by atoms with E-state index in [9.17, 15) is 9.18 Å². The molecule has 1 aliphatic rings. The zero-order valence-electron chi connectivity index (χ0n) is 13.1. The van der Waals surface area contributed by atoms with Crippen molar-refractivity contribution in [1.29, 1.82) is 0 Å². The normalized spacial score (nSPS) is 17.2. The monoisotopic (exact) mass is 411 g/mol. The molecule has 1 atom stereocenters. The van der Waals surface area contributed by atoms with Crippen LogP contribution in [0.25, 0.3) is 5.76 Å². The summed E-state index contributed by atoms with van der Waals surface area (Å²) in [6.45, 7) is 3.87. The molecule has 1 aromatic carbocycles. The van der Waals surface area contributed by atoms with Gasteiger partial charge in [-0.25, -0.2) is 4.39 Å². The summed E-state index contributed by atoms with van der Waals surface area (Å²) < 4.78 is 25.7. The Balaban J connectivity index is 2.02. The van der Waals surface area contributed by atoms with Gasteiger partial charge in [0.05, 0.1) is 8.66 Å². The Bertz CT molecular complexity index is 787. The number of benzene rings is 1. The Labute approximate surface area is 151 Å². The van der Waals surface area contributed by atoms with Crippen LogP contribution in [0.2, 0.25) is 0 Å². The molecule has 0 saturated heterocycles. The van der Waals surface area contributed by atoms with Crippen molar-refractivity contribution in [2.75, 3.05) is 6.54 Å². The highest BCUT2D eigenvalue weighted by atomic mass is 79.9. The summed E-state index contributed by atoms with van der Waals surface area (Å²) in [6, 6.07) is 9.91. The van der Waals surface area contributed by atoms with E-state index in [2.05, 4.69) is 15.9 Å². The second kappa shape index (κ2) is 6.94. The van der Waals surface area contributed by atoms with Crippen molar-refractivity contribution < 1.29 is 18.7 Å². The van der Waals surface area contributed by atoms with Gasteiger partial charge in [-0.1, -0.05) is 12.1 Å². The van der Waals surface area contributed by atoms with Crippen molar-refractivity contribution in [2.24, 2.45) is 0 Å². The van der Waals surface area contributed by atoms with Gasteiger partial charge in [0, 0.05) is 19.0 Å². The lowest BCUT2D eigenvalue weighted by molar-refractivity contribution is -0.139. The largest absolute Gasteiger partial charge is 0.459 e. The Morgan fingerprint density at radius 2 is 2.04 bits per heavy atom. The number of hydrogen-bond acceptors (Lipinski definition) is 5. The molecule has 0 saturated carbocycles. The lowest BCUT2D eigenvalue weighted by Gasteiger charge is -2.25. The Hall–Kier alpha value is -1.86. The fraction of sp³-hybridized carbons (Fsp3) is 0.235. The van der Waals surface area contributed by atoms with Gasteiger partial charge >= 0.3 is 5.97 Å². The van der Waals surface area contributed by atoms with E-state index in [1.54, 1.807) is 12.1 Å². The zero-order valence-corrected chi connectivity index (χ0v) is 15.5. The van der Waals surface area contributed by atoms with Gasteiger partial charge < -0.3 is 14.4 Å². The Morgan fingerprint density at radius 1 is 1.33 bits per heavy atom. The van der Waals surface area contributed by atoms with Crippen LogP contribution in [-0.4, -0.2) is 17.4 Å². The van der Waals surface area contributed by atoms with E-state index in [0.29, 0.717) is 18.2 Å². The van der Waals surface area contributed by atoms with Crippen LogP contribution in [0.1, 0.15) is 30.5 Å². The van der Waals surface area contributed by atoms with E-state index in [4.69, 9.17) is 9.47 Å². The van der Waals surface area contributed by atoms with Gasteiger partial charge in [0.15, 0.2) is 5.76 Å². The van der Waals surface area contributed by atoms with Gasteiger partial charge in [0.2, 0.25) is 12.1 Å². The van der Waals surface area contributed by atoms with E-state index in [1.807, 2.05) is 24.0 Å². The van der Waals surface area contributed by atoms with Crippen LogP contribution in [0.15, 0.2) is 46.1 Å². The van der Waals surface area contributed by atoms with Gasteiger partial charge in [0.25, 0.3) is 0 Å². The minimum Gasteiger partial charge on any atom is -0.459 e. The lowest BCUT2D eigenvalue weighted by atomic mass is 10.2. The SMILES string of the molecule is CCN1C(OC(C)=O)=C(c2ccc(Br)s2)OC1c1ccc(F)cc1. The van der Waals surface area contributed by atoms with Crippen molar-refractivity contribution >= 4 is 39.0 Å². The van der Waals surface area contributed by atoms with Gasteiger partial charge in [-0.3, -0.25) is 4.79 Å². The van der Waals surface area contributed by atoms with Crippen molar-refractivity contribution in [3.8, 4) is 0 Å². The maximum absolute atomic E-state index is 13.2. The fourth-order valence-electron chi connectivity index (χ4n) is 2.49. The molecule has 1 aromatic heterocycles. The van der Waals surface area contributed by atoms with E-state index in [-0.39, 0.29) is 5.82 Å². The van der Waals surface area contributed by atoms with E-state index < -0.39 is 12.2 Å². The molecule has 126 valence electrons. The molecule has 0 amide bonds. The average Bonchev–Trinajstić information content (AvgIpc) is 3.11. The molecule has 0 aliphatic carbocycles. The van der Waals surface area contributed by atoms with Crippen LogP contribution in [0.3, 0.4) is 0 Å². The van der Waals surface area contributed by atoms with Crippen LogP contribution in [0.5, 0.6) is 0 Å². The van der Waals surface area contributed by atoms with Crippen LogP contribution < -0.4 is 0 Å². The minimum atomic E-state index is -0.471. The van der Waals surface area contributed by atoms with Gasteiger partial charge in [0.1, 0.15) is 5.82 Å². The average molecular weight is 412 g/mol. The quantitative estimate of drug-likeness (QED) is 0.671. The third-order valence-electron chi connectivity index (χ3n) is 3.50. The van der Waals surface area contributed by atoms with E-state index in [0.717, 1.165) is 14.2 Å². The predicted octanol–water partition coefficient (Wildman–Crippen LogP) is 4.89. The van der Waals surface area contributed by atoms with Crippen LogP contribution >= 0.6 is 27.3 Å². The number of carbonyl (C=O) groups excluding carboxylic acids is 1. The molecule has 7 heteroatoms.